The lowest BCUT2D eigenvalue weighted by Gasteiger charge is -2.30. The second-order valence-electron chi connectivity index (χ2n) is 3.91. The lowest BCUT2D eigenvalue weighted by Crippen LogP contribution is -2.36. The second-order valence-corrected chi connectivity index (χ2v) is 3.91. The Balaban J connectivity index is 2.23. The summed E-state index contributed by atoms with van der Waals surface area (Å²) in [6.07, 6.45) is 0.713. The van der Waals surface area contributed by atoms with E-state index in [1.165, 1.54) is 6.07 Å². The van der Waals surface area contributed by atoms with Crippen LogP contribution in [0.2, 0.25) is 0 Å². The van der Waals surface area contributed by atoms with Gasteiger partial charge in [0.1, 0.15) is 5.82 Å². The van der Waals surface area contributed by atoms with Crippen LogP contribution < -0.4 is 10.6 Å². The fourth-order valence-corrected chi connectivity index (χ4v) is 2.02. The van der Waals surface area contributed by atoms with Gasteiger partial charge in [0.25, 0.3) is 0 Å². The number of morpholine rings is 1. The van der Waals surface area contributed by atoms with E-state index in [0.717, 1.165) is 37.6 Å². The number of nitrogens with zero attached hydrogens (tertiary/aromatic N) is 1. The summed E-state index contributed by atoms with van der Waals surface area (Å²) >= 11 is 0. The Labute approximate surface area is 95.0 Å². The molecule has 0 radical (unpaired) electrons. The first kappa shape index (κ1) is 11.4. The van der Waals surface area contributed by atoms with Crippen LogP contribution in [0.4, 0.5) is 10.1 Å². The molecule has 0 spiro atoms. The van der Waals surface area contributed by atoms with Gasteiger partial charge in [0, 0.05) is 18.8 Å². The Hall–Kier alpha value is -1.13. The molecular weight excluding hydrogens is 207 g/mol. The van der Waals surface area contributed by atoms with E-state index in [2.05, 4.69) is 4.90 Å². The Bertz CT molecular complexity index is 351. The van der Waals surface area contributed by atoms with Gasteiger partial charge in [0.05, 0.1) is 13.2 Å². The molecule has 3 nitrogen and oxygen atoms in total. The molecule has 1 heterocycles. The average Bonchev–Trinajstić information content (AvgIpc) is 2.31. The minimum atomic E-state index is -0.194. The van der Waals surface area contributed by atoms with E-state index < -0.39 is 0 Å². The summed E-state index contributed by atoms with van der Waals surface area (Å²) in [6.45, 7) is 3.74. The van der Waals surface area contributed by atoms with E-state index in [1.807, 2.05) is 6.07 Å². The number of nitrogens with two attached hydrogens (primary N) is 1. The maximum absolute atomic E-state index is 13.2. The smallest absolute Gasteiger partial charge is 0.123 e. The zero-order chi connectivity index (χ0) is 11.4. The van der Waals surface area contributed by atoms with Gasteiger partial charge < -0.3 is 15.4 Å². The number of ether oxygens (including phenoxy) is 1. The Morgan fingerprint density at radius 1 is 1.31 bits per heavy atom. The molecule has 0 unspecified atom stereocenters. The van der Waals surface area contributed by atoms with Crippen molar-refractivity contribution in [3.8, 4) is 0 Å². The highest BCUT2D eigenvalue weighted by Crippen LogP contribution is 2.22. The molecule has 16 heavy (non-hydrogen) atoms. The van der Waals surface area contributed by atoms with Crippen LogP contribution in [0, 0.1) is 5.82 Å². The number of hydrogen-bond acceptors (Lipinski definition) is 3. The highest BCUT2D eigenvalue weighted by molar-refractivity contribution is 5.54. The molecule has 1 aliphatic rings. The summed E-state index contributed by atoms with van der Waals surface area (Å²) in [7, 11) is 0. The second kappa shape index (κ2) is 5.27. The van der Waals surface area contributed by atoms with Gasteiger partial charge >= 0.3 is 0 Å². The molecule has 0 atom stereocenters. The molecule has 0 bridgehead atoms. The predicted octanol–water partition coefficient (Wildman–Crippen LogP) is 1.16. The lowest BCUT2D eigenvalue weighted by atomic mass is 10.1. The number of benzene rings is 1. The first-order valence-corrected chi connectivity index (χ1v) is 5.62. The van der Waals surface area contributed by atoms with Crippen LogP contribution in [0.15, 0.2) is 18.2 Å². The Morgan fingerprint density at radius 3 is 2.75 bits per heavy atom. The Kier molecular flexibility index (Phi) is 3.74. The zero-order valence-electron chi connectivity index (χ0n) is 9.29. The van der Waals surface area contributed by atoms with Gasteiger partial charge in [-0.1, -0.05) is 0 Å². The predicted molar refractivity (Wildman–Crippen MR) is 62.2 cm³/mol. The third-order valence-electron chi connectivity index (χ3n) is 2.81. The van der Waals surface area contributed by atoms with E-state index in [9.17, 15) is 4.39 Å². The number of halogens is 1. The molecule has 1 aromatic carbocycles. The molecule has 1 aliphatic heterocycles. The molecular formula is C12H17FN2O. The molecule has 4 heteroatoms. The molecule has 2 N–H and O–H groups in total. The minimum absolute atomic E-state index is 0.194. The third-order valence-corrected chi connectivity index (χ3v) is 2.81. The minimum Gasteiger partial charge on any atom is -0.378 e. The SMILES string of the molecule is NCCc1cc(F)ccc1N1CCOCC1. The van der Waals surface area contributed by atoms with Crippen molar-refractivity contribution >= 4 is 5.69 Å². The van der Waals surface area contributed by atoms with Crippen molar-refractivity contribution in [2.75, 3.05) is 37.7 Å². The molecule has 0 saturated carbocycles. The molecule has 0 amide bonds. The first-order valence-electron chi connectivity index (χ1n) is 5.62. The quantitative estimate of drug-likeness (QED) is 0.837. The number of hydrogen-bond donors (Lipinski definition) is 1. The van der Waals surface area contributed by atoms with Gasteiger partial charge in [-0.15, -0.1) is 0 Å². The highest BCUT2D eigenvalue weighted by atomic mass is 19.1. The summed E-state index contributed by atoms with van der Waals surface area (Å²) < 4.78 is 18.5. The van der Waals surface area contributed by atoms with Crippen LogP contribution >= 0.6 is 0 Å². The summed E-state index contributed by atoms with van der Waals surface area (Å²) in [5.41, 5.74) is 7.63. The van der Waals surface area contributed by atoms with E-state index in [4.69, 9.17) is 10.5 Å². The molecule has 1 aromatic rings. The van der Waals surface area contributed by atoms with Crippen LogP contribution in [0.5, 0.6) is 0 Å². The fourth-order valence-electron chi connectivity index (χ4n) is 2.02. The van der Waals surface area contributed by atoms with Crippen molar-refractivity contribution in [2.45, 2.75) is 6.42 Å². The van der Waals surface area contributed by atoms with E-state index in [-0.39, 0.29) is 5.82 Å². The topological polar surface area (TPSA) is 38.5 Å². The summed E-state index contributed by atoms with van der Waals surface area (Å²) in [5.74, 6) is -0.194. The summed E-state index contributed by atoms with van der Waals surface area (Å²) in [4.78, 5) is 2.23. The van der Waals surface area contributed by atoms with Crippen LogP contribution in [0.1, 0.15) is 5.56 Å². The van der Waals surface area contributed by atoms with Crippen molar-refractivity contribution in [3.05, 3.63) is 29.6 Å². The molecule has 1 saturated heterocycles. The lowest BCUT2D eigenvalue weighted by molar-refractivity contribution is 0.122. The number of anilines is 1. The molecule has 2 rings (SSSR count). The maximum atomic E-state index is 13.2. The standard InChI is InChI=1S/C12H17FN2O/c13-11-1-2-12(10(9-11)3-4-14)15-5-7-16-8-6-15/h1-2,9H,3-8,14H2. The molecule has 0 aliphatic carbocycles. The largest absolute Gasteiger partial charge is 0.378 e. The van der Waals surface area contributed by atoms with Crippen molar-refractivity contribution in [1.29, 1.82) is 0 Å². The first-order chi connectivity index (χ1) is 7.81. The molecule has 1 fully saturated rings. The van der Waals surface area contributed by atoms with Crippen LogP contribution in [0.3, 0.4) is 0 Å². The van der Waals surface area contributed by atoms with Crippen molar-refractivity contribution in [2.24, 2.45) is 5.73 Å². The fraction of sp³-hybridized carbons (Fsp3) is 0.500. The number of rotatable bonds is 3. The van der Waals surface area contributed by atoms with Crippen molar-refractivity contribution in [1.82, 2.24) is 0 Å². The maximum Gasteiger partial charge on any atom is 0.123 e. The van der Waals surface area contributed by atoms with Crippen LogP contribution in [-0.4, -0.2) is 32.8 Å². The van der Waals surface area contributed by atoms with Gasteiger partial charge in [-0.05, 0) is 36.7 Å². The zero-order valence-corrected chi connectivity index (χ0v) is 9.29. The van der Waals surface area contributed by atoms with Gasteiger partial charge in [0.2, 0.25) is 0 Å². The van der Waals surface area contributed by atoms with Crippen molar-refractivity contribution in [3.63, 3.8) is 0 Å². The van der Waals surface area contributed by atoms with Crippen molar-refractivity contribution < 1.29 is 9.13 Å². The Morgan fingerprint density at radius 2 is 2.06 bits per heavy atom. The molecule has 0 aromatic heterocycles. The van der Waals surface area contributed by atoms with E-state index in [0.29, 0.717) is 13.0 Å². The van der Waals surface area contributed by atoms with Gasteiger partial charge in [0.15, 0.2) is 0 Å². The average molecular weight is 224 g/mol. The van der Waals surface area contributed by atoms with E-state index in [1.54, 1.807) is 6.07 Å². The summed E-state index contributed by atoms with van der Waals surface area (Å²) in [6, 6.07) is 4.92. The highest BCUT2D eigenvalue weighted by Gasteiger charge is 2.14. The van der Waals surface area contributed by atoms with Gasteiger partial charge in [-0.3, -0.25) is 0 Å². The molecule has 88 valence electrons. The van der Waals surface area contributed by atoms with Gasteiger partial charge in [-0.25, -0.2) is 4.39 Å². The van der Waals surface area contributed by atoms with Crippen LogP contribution in [-0.2, 0) is 11.2 Å². The summed E-state index contributed by atoms with van der Waals surface area (Å²) in [5, 5.41) is 0. The normalized spacial score (nSPS) is 16.5. The van der Waals surface area contributed by atoms with E-state index >= 15 is 0 Å². The monoisotopic (exact) mass is 224 g/mol. The third kappa shape index (κ3) is 2.51. The van der Waals surface area contributed by atoms with Crippen LogP contribution in [0.25, 0.3) is 0 Å². The van der Waals surface area contributed by atoms with Gasteiger partial charge in [-0.2, -0.15) is 0 Å².